The molecular weight excluding hydrogens is 398 g/mol. The van der Waals surface area contributed by atoms with Crippen LogP contribution in [0, 0.1) is 6.92 Å². The van der Waals surface area contributed by atoms with Crippen LogP contribution in [0.3, 0.4) is 0 Å². The maximum Gasteiger partial charge on any atom is 0.344 e. The van der Waals surface area contributed by atoms with E-state index in [2.05, 4.69) is 31.9 Å². The fraction of sp³-hybridized carbons (Fsp3) is 0.200. The number of amides is 2. The highest BCUT2D eigenvalue weighted by Crippen LogP contribution is 2.15. The molecule has 0 saturated carbocycles. The number of hydrogen-bond acceptors (Lipinski definition) is 7. The van der Waals surface area contributed by atoms with Gasteiger partial charge in [0.2, 0.25) is 0 Å². The molecule has 1 aromatic heterocycles. The number of carbonyl (C=O) groups excluding carboxylic acids is 3. The maximum atomic E-state index is 11.9. The normalized spacial score (nSPS) is 10.0. The number of carbonyl (C=O) groups is 3. The molecule has 132 valence electrons. The number of hydrogen-bond donors (Lipinski definition) is 2. The molecular formula is C15H14BrN3O6. The van der Waals surface area contributed by atoms with Crippen molar-refractivity contribution in [3.8, 4) is 5.88 Å². The summed E-state index contributed by atoms with van der Waals surface area (Å²) in [7, 11) is 0. The van der Waals surface area contributed by atoms with E-state index in [0.29, 0.717) is 15.8 Å². The minimum atomic E-state index is -0.770. The van der Waals surface area contributed by atoms with Gasteiger partial charge in [-0.05, 0) is 40.1 Å². The molecule has 2 N–H and O–H groups in total. The van der Waals surface area contributed by atoms with Crippen LogP contribution in [0.2, 0.25) is 0 Å². The molecule has 0 aliphatic rings. The Labute approximate surface area is 150 Å². The first-order chi connectivity index (χ1) is 12.0. The predicted molar refractivity (Wildman–Crippen MR) is 87.4 cm³/mol. The summed E-state index contributed by atoms with van der Waals surface area (Å²) in [5.74, 6) is -1.32. The van der Waals surface area contributed by atoms with E-state index in [1.54, 1.807) is 31.2 Å². The Bertz CT molecular complexity index is 776. The first-order valence-corrected chi connectivity index (χ1v) is 7.80. The summed E-state index contributed by atoms with van der Waals surface area (Å²) >= 11 is 3.22. The van der Waals surface area contributed by atoms with Gasteiger partial charge in [-0.3, -0.25) is 20.4 Å². The largest absolute Gasteiger partial charge is 0.463 e. The summed E-state index contributed by atoms with van der Waals surface area (Å²) in [6, 6.07) is 8.20. The standard InChI is InChI=1S/C15H14BrN3O6/c1-9-6-13(19-25-9)23-8-14(21)24-7-12(20)17-18-15(22)10-4-2-3-5-11(10)16/h2-6H,7-8H2,1H3,(H,17,20)(H,18,22). The zero-order valence-electron chi connectivity index (χ0n) is 13.1. The van der Waals surface area contributed by atoms with Gasteiger partial charge in [0.1, 0.15) is 5.76 Å². The van der Waals surface area contributed by atoms with Crippen LogP contribution in [0.1, 0.15) is 16.1 Å². The van der Waals surface area contributed by atoms with Crippen LogP contribution in [-0.2, 0) is 14.3 Å². The predicted octanol–water partition coefficient (Wildman–Crippen LogP) is 1.13. The van der Waals surface area contributed by atoms with Gasteiger partial charge >= 0.3 is 5.97 Å². The average Bonchev–Trinajstić information content (AvgIpc) is 3.01. The van der Waals surface area contributed by atoms with Gasteiger partial charge in [0, 0.05) is 10.5 Å². The van der Waals surface area contributed by atoms with E-state index in [1.165, 1.54) is 6.07 Å². The number of halogens is 1. The highest BCUT2D eigenvalue weighted by molar-refractivity contribution is 9.10. The van der Waals surface area contributed by atoms with E-state index in [0.717, 1.165) is 0 Å². The Morgan fingerprint density at radius 1 is 1.20 bits per heavy atom. The molecule has 0 aliphatic heterocycles. The van der Waals surface area contributed by atoms with Gasteiger partial charge in [0.15, 0.2) is 13.2 Å². The lowest BCUT2D eigenvalue weighted by Crippen LogP contribution is -2.43. The minimum absolute atomic E-state index is 0.139. The lowest BCUT2D eigenvalue weighted by Gasteiger charge is -2.09. The van der Waals surface area contributed by atoms with Crippen LogP contribution >= 0.6 is 15.9 Å². The first kappa shape index (κ1) is 18.5. The van der Waals surface area contributed by atoms with Crippen molar-refractivity contribution in [2.45, 2.75) is 6.92 Å². The number of benzene rings is 1. The molecule has 0 unspecified atom stereocenters. The molecule has 2 amide bonds. The molecule has 1 aromatic carbocycles. The van der Waals surface area contributed by atoms with Crippen LogP contribution in [-0.4, -0.2) is 36.2 Å². The third-order valence-electron chi connectivity index (χ3n) is 2.74. The molecule has 0 radical (unpaired) electrons. The number of rotatable bonds is 6. The van der Waals surface area contributed by atoms with Crippen molar-refractivity contribution in [1.29, 1.82) is 0 Å². The van der Waals surface area contributed by atoms with Crippen LogP contribution in [0.15, 0.2) is 39.3 Å². The van der Waals surface area contributed by atoms with Gasteiger partial charge in [0.05, 0.1) is 5.56 Å². The number of nitrogens with one attached hydrogen (secondary N) is 2. The average molecular weight is 412 g/mol. The van der Waals surface area contributed by atoms with Gasteiger partial charge in [-0.2, -0.15) is 0 Å². The molecule has 25 heavy (non-hydrogen) atoms. The summed E-state index contributed by atoms with van der Waals surface area (Å²) in [5.41, 5.74) is 4.69. The second-order valence-corrected chi connectivity index (χ2v) is 5.56. The van der Waals surface area contributed by atoms with Crippen molar-refractivity contribution in [3.63, 3.8) is 0 Å². The van der Waals surface area contributed by atoms with Crippen molar-refractivity contribution in [2.24, 2.45) is 0 Å². The Kier molecular flexibility index (Phi) is 6.52. The van der Waals surface area contributed by atoms with Crippen LogP contribution in [0.5, 0.6) is 5.88 Å². The van der Waals surface area contributed by atoms with E-state index in [4.69, 9.17) is 14.0 Å². The van der Waals surface area contributed by atoms with Crippen LogP contribution in [0.4, 0.5) is 0 Å². The van der Waals surface area contributed by atoms with E-state index in [-0.39, 0.29) is 5.88 Å². The highest BCUT2D eigenvalue weighted by Gasteiger charge is 2.12. The lowest BCUT2D eigenvalue weighted by atomic mass is 10.2. The second kappa shape index (κ2) is 8.83. The fourth-order valence-corrected chi connectivity index (χ4v) is 2.07. The SMILES string of the molecule is Cc1cc(OCC(=O)OCC(=O)NNC(=O)c2ccccc2Br)no1. The van der Waals surface area contributed by atoms with Crippen molar-refractivity contribution < 1.29 is 28.4 Å². The van der Waals surface area contributed by atoms with Gasteiger partial charge in [-0.25, -0.2) is 4.79 Å². The molecule has 0 saturated heterocycles. The molecule has 0 spiro atoms. The zero-order valence-corrected chi connectivity index (χ0v) is 14.7. The molecule has 1 heterocycles. The van der Waals surface area contributed by atoms with Crippen molar-refractivity contribution in [2.75, 3.05) is 13.2 Å². The highest BCUT2D eigenvalue weighted by atomic mass is 79.9. The van der Waals surface area contributed by atoms with Gasteiger partial charge in [0.25, 0.3) is 17.7 Å². The molecule has 0 bridgehead atoms. The third-order valence-corrected chi connectivity index (χ3v) is 3.43. The molecule has 10 heteroatoms. The summed E-state index contributed by atoms with van der Waals surface area (Å²) in [4.78, 5) is 34.9. The van der Waals surface area contributed by atoms with E-state index in [1.807, 2.05) is 0 Å². The number of nitrogens with zero attached hydrogens (tertiary/aromatic N) is 1. The van der Waals surface area contributed by atoms with Gasteiger partial charge in [-0.1, -0.05) is 12.1 Å². The summed E-state index contributed by atoms with van der Waals surface area (Å²) in [6.45, 7) is 0.670. The van der Waals surface area contributed by atoms with Crippen LogP contribution < -0.4 is 15.6 Å². The van der Waals surface area contributed by atoms with Crippen molar-refractivity contribution in [1.82, 2.24) is 16.0 Å². The smallest absolute Gasteiger partial charge is 0.344 e. The molecule has 2 aromatic rings. The van der Waals surface area contributed by atoms with Gasteiger partial charge < -0.3 is 14.0 Å². The summed E-state index contributed by atoms with van der Waals surface area (Å²) in [6.07, 6.45) is 0. The Hall–Kier alpha value is -2.88. The van der Waals surface area contributed by atoms with Crippen molar-refractivity contribution in [3.05, 3.63) is 46.1 Å². The topological polar surface area (TPSA) is 120 Å². The molecule has 0 atom stereocenters. The minimum Gasteiger partial charge on any atom is -0.463 e. The lowest BCUT2D eigenvalue weighted by molar-refractivity contribution is -0.150. The molecule has 0 aliphatic carbocycles. The molecule has 9 nitrogen and oxygen atoms in total. The molecule has 2 rings (SSSR count). The van der Waals surface area contributed by atoms with E-state index in [9.17, 15) is 14.4 Å². The number of esters is 1. The monoisotopic (exact) mass is 411 g/mol. The Morgan fingerprint density at radius 2 is 1.96 bits per heavy atom. The van der Waals surface area contributed by atoms with E-state index < -0.39 is 31.0 Å². The number of aromatic nitrogens is 1. The quantitative estimate of drug-likeness (QED) is 0.539. The Morgan fingerprint density at radius 3 is 2.64 bits per heavy atom. The number of hydrazine groups is 1. The van der Waals surface area contributed by atoms with Crippen molar-refractivity contribution >= 4 is 33.7 Å². The number of ether oxygens (including phenoxy) is 2. The van der Waals surface area contributed by atoms with Gasteiger partial charge in [-0.15, -0.1) is 0 Å². The third kappa shape index (κ3) is 5.92. The Balaban J connectivity index is 1.67. The summed E-state index contributed by atoms with van der Waals surface area (Å²) in [5, 5.41) is 3.53. The zero-order chi connectivity index (χ0) is 18.2. The van der Waals surface area contributed by atoms with E-state index >= 15 is 0 Å². The second-order valence-electron chi connectivity index (χ2n) is 4.71. The first-order valence-electron chi connectivity index (χ1n) is 7.01. The summed E-state index contributed by atoms with van der Waals surface area (Å²) < 4.78 is 15.0. The fourth-order valence-electron chi connectivity index (χ4n) is 1.61. The molecule has 0 fully saturated rings. The maximum absolute atomic E-state index is 11.9. The number of aryl methyl sites for hydroxylation is 1. The van der Waals surface area contributed by atoms with Crippen LogP contribution in [0.25, 0.3) is 0 Å².